The van der Waals surface area contributed by atoms with Gasteiger partial charge in [-0.1, -0.05) is 18.2 Å². The van der Waals surface area contributed by atoms with Crippen molar-refractivity contribution in [2.24, 2.45) is 0 Å². The molecule has 0 radical (unpaired) electrons. The number of pyridine rings is 1. The Morgan fingerprint density at radius 1 is 1.29 bits per heavy atom. The smallest absolute Gasteiger partial charge is 0.338 e. The SMILES string of the molecule is Cc1ncc2[nH]c3ccccc3c2c1C(=O)O. The van der Waals surface area contributed by atoms with E-state index in [1.165, 1.54) is 0 Å². The summed E-state index contributed by atoms with van der Waals surface area (Å²) in [4.78, 5) is 18.6. The van der Waals surface area contributed by atoms with Crippen LogP contribution in [-0.4, -0.2) is 21.0 Å². The molecule has 0 spiro atoms. The van der Waals surface area contributed by atoms with Crippen LogP contribution in [0.25, 0.3) is 21.8 Å². The van der Waals surface area contributed by atoms with Gasteiger partial charge >= 0.3 is 5.97 Å². The van der Waals surface area contributed by atoms with Gasteiger partial charge in [0.25, 0.3) is 0 Å². The number of aromatic amines is 1. The van der Waals surface area contributed by atoms with E-state index in [1.807, 2.05) is 24.3 Å². The second-order valence-corrected chi connectivity index (χ2v) is 3.98. The largest absolute Gasteiger partial charge is 0.478 e. The van der Waals surface area contributed by atoms with Crippen LogP contribution in [0.4, 0.5) is 0 Å². The van der Waals surface area contributed by atoms with Crippen molar-refractivity contribution in [1.82, 2.24) is 9.97 Å². The average Bonchev–Trinajstić information content (AvgIpc) is 2.67. The highest BCUT2D eigenvalue weighted by molar-refractivity contribution is 6.16. The van der Waals surface area contributed by atoms with E-state index in [4.69, 9.17) is 0 Å². The van der Waals surface area contributed by atoms with Crippen LogP contribution in [0.1, 0.15) is 16.1 Å². The molecular formula is C13H10N2O2. The van der Waals surface area contributed by atoms with Crippen LogP contribution in [0.3, 0.4) is 0 Å². The fourth-order valence-electron chi connectivity index (χ4n) is 2.20. The van der Waals surface area contributed by atoms with Crippen molar-refractivity contribution >= 4 is 27.8 Å². The number of rotatable bonds is 1. The van der Waals surface area contributed by atoms with E-state index < -0.39 is 5.97 Å². The molecule has 2 N–H and O–H groups in total. The molecule has 17 heavy (non-hydrogen) atoms. The number of aromatic nitrogens is 2. The molecule has 2 aromatic heterocycles. The maximum atomic E-state index is 11.3. The number of carboxylic acids is 1. The van der Waals surface area contributed by atoms with Gasteiger partial charge in [-0.3, -0.25) is 4.98 Å². The van der Waals surface area contributed by atoms with Crippen LogP contribution >= 0.6 is 0 Å². The number of nitrogens with zero attached hydrogens (tertiary/aromatic N) is 1. The van der Waals surface area contributed by atoms with Gasteiger partial charge in [-0.25, -0.2) is 4.79 Å². The molecule has 0 bridgehead atoms. The number of nitrogens with one attached hydrogen (secondary N) is 1. The highest BCUT2D eigenvalue weighted by Crippen LogP contribution is 2.28. The summed E-state index contributed by atoms with van der Waals surface area (Å²) >= 11 is 0. The lowest BCUT2D eigenvalue weighted by Gasteiger charge is -2.01. The molecule has 0 unspecified atom stereocenters. The first-order chi connectivity index (χ1) is 8.18. The fourth-order valence-corrected chi connectivity index (χ4v) is 2.20. The van der Waals surface area contributed by atoms with Gasteiger partial charge in [-0.15, -0.1) is 0 Å². The van der Waals surface area contributed by atoms with Gasteiger partial charge in [-0.05, 0) is 13.0 Å². The fraction of sp³-hybridized carbons (Fsp3) is 0.0769. The molecule has 1 aromatic carbocycles. The van der Waals surface area contributed by atoms with E-state index in [1.54, 1.807) is 13.1 Å². The first-order valence-electron chi connectivity index (χ1n) is 5.28. The Morgan fingerprint density at radius 3 is 2.82 bits per heavy atom. The van der Waals surface area contributed by atoms with Crippen molar-refractivity contribution in [3.05, 3.63) is 41.7 Å². The minimum atomic E-state index is -0.939. The lowest BCUT2D eigenvalue weighted by molar-refractivity contribution is 0.0698. The summed E-state index contributed by atoms with van der Waals surface area (Å²) < 4.78 is 0. The molecule has 0 amide bonds. The maximum Gasteiger partial charge on any atom is 0.338 e. The number of hydrogen-bond donors (Lipinski definition) is 2. The third-order valence-corrected chi connectivity index (χ3v) is 2.95. The summed E-state index contributed by atoms with van der Waals surface area (Å²) in [6.07, 6.45) is 1.68. The molecule has 0 fully saturated rings. The van der Waals surface area contributed by atoms with Crippen LogP contribution in [0.2, 0.25) is 0 Å². The van der Waals surface area contributed by atoms with Crippen molar-refractivity contribution in [3.63, 3.8) is 0 Å². The number of aromatic carboxylic acids is 1. The zero-order chi connectivity index (χ0) is 12.0. The van der Waals surface area contributed by atoms with Crippen molar-refractivity contribution < 1.29 is 9.90 Å². The van der Waals surface area contributed by atoms with Crippen LogP contribution < -0.4 is 0 Å². The molecule has 0 aliphatic heterocycles. The average molecular weight is 226 g/mol. The van der Waals surface area contributed by atoms with Crippen LogP contribution in [0.15, 0.2) is 30.5 Å². The van der Waals surface area contributed by atoms with Gasteiger partial charge in [0.05, 0.1) is 23.0 Å². The van der Waals surface area contributed by atoms with Crippen LogP contribution in [-0.2, 0) is 0 Å². The van der Waals surface area contributed by atoms with E-state index >= 15 is 0 Å². The summed E-state index contributed by atoms with van der Waals surface area (Å²) in [7, 11) is 0. The minimum Gasteiger partial charge on any atom is -0.478 e. The van der Waals surface area contributed by atoms with Gasteiger partial charge in [0, 0.05) is 16.3 Å². The number of benzene rings is 1. The molecule has 0 aliphatic rings. The lowest BCUT2D eigenvalue weighted by atomic mass is 10.1. The van der Waals surface area contributed by atoms with Gasteiger partial charge in [0.15, 0.2) is 0 Å². The van der Waals surface area contributed by atoms with Crippen LogP contribution in [0, 0.1) is 6.92 Å². The summed E-state index contributed by atoms with van der Waals surface area (Å²) in [6.45, 7) is 1.71. The molecule has 0 saturated heterocycles. The van der Waals surface area contributed by atoms with E-state index in [2.05, 4.69) is 9.97 Å². The predicted octanol–water partition coefficient (Wildman–Crippen LogP) is 2.72. The third-order valence-electron chi connectivity index (χ3n) is 2.95. The molecule has 3 rings (SSSR count). The Morgan fingerprint density at radius 2 is 2.06 bits per heavy atom. The predicted molar refractivity (Wildman–Crippen MR) is 65.3 cm³/mol. The van der Waals surface area contributed by atoms with Gasteiger partial charge in [-0.2, -0.15) is 0 Å². The number of aryl methyl sites for hydroxylation is 1. The molecule has 84 valence electrons. The van der Waals surface area contributed by atoms with Crippen molar-refractivity contribution in [1.29, 1.82) is 0 Å². The maximum absolute atomic E-state index is 11.3. The molecule has 3 aromatic rings. The molecular weight excluding hydrogens is 216 g/mol. The number of carbonyl (C=O) groups is 1. The Bertz CT molecular complexity index is 744. The topological polar surface area (TPSA) is 66.0 Å². The Hall–Kier alpha value is -2.36. The number of carboxylic acid groups (broad SMARTS) is 1. The standard InChI is InChI=1S/C13H10N2O2/c1-7-11(13(16)17)12-8-4-2-3-5-9(8)15-10(12)6-14-7/h2-6,15H,1H3,(H,16,17). The van der Waals surface area contributed by atoms with Gasteiger partial charge in [0.2, 0.25) is 0 Å². The normalized spacial score (nSPS) is 11.1. The third kappa shape index (κ3) is 1.30. The quantitative estimate of drug-likeness (QED) is 0.670. The second kappa shape index (κ2) is 3.31. The zero-order valence-corrected chi connectivity index (χ0v) is 9.19. The van der Waals surface area contributed by atoms with E-state index in [-0.39, 0.29) is 5.56 Å². The second-order valence-electron chi connectivity index (χ2n) is 3.98. The van der Waals surface area contributed by atoms with Crippen molar-refractivity contribution in [2.45, 2.75) is 6.92 Å². The Balaban J connectivity index is 2.60. The molecule has 4 heteroatoms. The van der Waals surface area contributed by atoms with Crippen molar-refractivity contribution in [2.75, 3.05) is 0 Å². The number of H-pyrrole nitrogens is 1. The summed E-state index contributed by atoms with van der Waals surface area (Å²) in [6, 6.07) is 7.66. The molecule has 4 nitrogen and oxygen atoms in total. The van der Waals surface area contributed by atoms with Gasteiger partial charge in [0.1, 0.15) is 0 Å². The molecule has 0 aliphatic carbocycles. The highest BCUT2D eigenvalue weighted by atomic mass is 16.4. The summed E-state index contributed by atoms with van der Waals surface area (Å²) in [5, 5.41) is 10.9. The number of hydrogen-bond acceptors (Lipinski definition) is 2. The Kier molecular flexibility index (Phi) is 1.92. The van der Waals surface area contributed by atoms with Crippen LogP contribution in [0.5, 0.6) is 0 Å². The van der Waals surface area contributed by atoms with Crippen molar-refractivity contribution in [3.8, 4) is 0 Å². The number of fused-ring (bicyclic) bond motifs is 3. The first kappa shape index (κ1) is 9.84. The van der Waals surface area contributed by atoms with Gasteiger partial charge < -0.3 is 10.1 Å². The molecule has 0 atom stereocenters. The zero-order valence-electron chi connectivity index (χ0n) is 9.19. The monoisotopic (exact) mass is 226 g/mol. The highest BCUT2D eigenvalue weighted by Gasteiger charge is 2.16. The minimum absolute atomic E-state index is 0.278. The summed E-state index contributed by atoms with van der Waals surface area (Å²) in [5.41, 5.74) is 2.50. The van der Waals surface area contributed by atoms with E-state index in [9.17, 15) is 9.90 Å². The lowest BCUT2D eigenvalue weighted by Crippen LogP contribution is -2.02. The molecule has 2 heterocycles. The van der Waals surface area contributed by atoms with E-state index in [0.717, 1.165) is 21.8 Å². The number of para-hydroxylation sites is 1. The van der Waals surface area contributed by atoms with E-state index in [0.29, 0.717) is 5.69 Å². The molecule has 0 saturated carbocycles. The Labute approximate surface area is 96.9 Å². The summed E-state index contributed by atoms with van der Waals surface area (Å²) in [5.74, 6) is -0.939. The first-order valence-corrected chi connectivity index (χ1v) is 5.28.